The largest absolute Gasteiger partial charge is 0.392 e. The lowest BCUT2D eigenvalue weighted by Gasteiger charge is -2.15. The average molecular weight is 174 g/mol. The maximum Gasteiger partial charge on any atom is 0.237 e. The van der Waals surface area contributed by atoms with Gasteiger partial charge in [0.2, 0.25) is 5.91 Å². The lowest BCUT2D eigenvalue weighted by atomic mass is 10.1. The second kappa shape index (κ2) is 5.11. The van der Waals surface area contributed by atoms with Crippen molar-refractivity contribution < 1.29 is 9.90 Å². The summed E-state index contributed by atoms with van der Waals surface area (Å²) in [6, 6.07) is -0.483. The Kier molecular flexibility index (Phi) is 4.85. The molecule has 0 aliphatic rings. The third-order valence-electron chi connectivity index (χ3n) is 1.59. The second-order valence-corrected chi connectivity index (χ2v) is 3.36. The maximum atomic E-state index is 11.1. The van der Waals surface area contributed by atoms with Crippen LogP contribution in [0.1, 0.15) is 20.8 Å². The van der Waals surface area contributed by atoms with Crippen molar-refractivity contribution >= 4 is 5.91 Å². The SMILES string of the molecule is CC(O)CNC(=O)C(N)C(C)C. The van der Waals surface area contributed by atoms with E-state index in [4.69, 9.17) is 10.8 Å². The van der Waals surface area contributed by atoms with Gasteiger partial charge in [-0.2, -0.15) is 0 Å². The molecule has 72 valence electrons. The van der Waals surface area contributed by atoms with E-state index in [2.05, 4.69) is 5.32 Å². The molecule has 2 atom stereocenters. The number of aliphatic hydroxyl groups is 1. The van der Waals surface area contributed by atoms with E-state index in [9.17, 15) is 4.79 Å². The van der Waals surface area contributed by atoms with Gasteiger partial charge in [0.1, 0.15) is 0 Å². The Morgan fingerprint density at radius 3 is 2.33 bits per heavy atom. The van der Waals surface area contributed by atoms with E-state index in [1.165, 1.54) is 0 Å². The van der Waals surface area contributed by atoms with Crippen molar-refractivity contribution in [3.63, 3.8) is 0 Å². The summed E-state index contributed by atoms with van der Waals surface area (Å²) < 4.78 is 0. The number of nitrogens with one attached hydrogen (secondary N) is 1. The summed E-state index contributed by atoms with van der Waals surface area (Å²) in [5.41, 5.74) is 5.55. The van der Waals surface area contributed by atoms with E-state index in [1.54, 1.807) is 6.92 Å². The molecule has 0 saturated carbocycles. The molecule has 0 radical (unpaired) electrons. The highest BCUT2D eigenvalue weighted by Crippen LogP contribution is 1.97. The number of hydrogen-bond acceptors (Lipinski definition) is 3. The number of aliphatic hydroxyl groups excluding tert-OH is 1. The smallest absolute Gasteiger partial charge is 0.237 e. The zero-order valence-electron chi connectivity index (χ0n) is 7.87. The number of rotatable bonds is 4. The molecule has 1 amide bonds. The number of hydrogen-bond donors (Lipinski definition) is 3. The minimum atomic E-state index is -0.520. The predicted octanol–water partition coefficient (Wildman–Crippen LogP) is -0.533. The molecule has 4 nitrogen and oxygen atoms in total. The highest BCUT2D eigenvalue weighted by molar-refractivity contribution is 5.81. The standard InChI is InChI=1S/C8H18N2O2/c1-5(2)7(9)8(12)10-4-6(3)11/h5-7,11H,4,9H2,1-3H3,(H,10,12). The van der Waals surface area contributed by atoms with Gasteiger partial charge >= 0.3 is 0 Å². The van der Waals surface area contributed by atoms with Crippen LogP contribution in [0.3, 0.4) is 0 Å². The number of carbonyl (C=O) groups is 1. The predicted molar refractivity (Wildman–Crippen MR) is 47.5 cm³/mol. The topological polar surface area (TPSA) is 75.3 Å². The molecule has 4 N–H and O–H groups in total. The van der Waals surface area contributed by atoms with E-state index >= 15 is 0 Å². The van der Waals surface area contributed by atoms with Crippen molar-refractivity contribution in [2.24, 2.45) is 11.7 Å². The minimum Gasteiger partial charge on any atom is -0.392 e. The normalized spacial score (nSPS) is 15.8. The Hall–Kier alpha value is -0.610. The highest BCUT2D eigenvalue weighted by atomic mass is 16.3. The van der Waals surface area contributed by atoms with Crippen LogP contribution in [0.15, 0.2) is 0 Å². The fourth-order valence-electron chi connectivity index (χ4n) is 0.669. The molecule has 12 heavy (non-hydrogen) atoms. The van der Waals surface area contributed by atoms with Crippen LogP contribution in [0.2, 0.25) is 0 Å². The Morgan fingerprint density at radius 1 is 1.50 bits per heavy atom. The highest BCUT2D eigenvalue weighted by Gasteiger charge is 2.16. The molecule has 2 unspecified atom stereocenters. The van der Waals surface area contributed by atoms with Crippen LogP contribution >= 0.6 is 0 Å². The molecular weight excluding hydrogens is 156 g/mol. The zero-order valence-corrected chi connectivity index (χ0v) is 7.87. The molecule has 0 saturated heterocycles. The molecule has 0 spiro atoms. The molecule has 0 aromatic heterocycles. The molecular formula is C8H18N2O2. The van der Waals surface area contributed by atoms with Crippen LogP contribution in [0.4, 0.5) is 0 Å². The Labute approximate surface area is 73.1 Å². The van der Waals surface area contributed by atoms with Gasteiger partial charge in [-0.15, -0.1) is 0 Å². The fourth-order valence-corrected chi connectivity index (χ4v) is 0.669. The summed E-state index contributed by atoms with van der Waals surface area (Å²) in [4.78, 5) is 11.1. The first-order valence-corrected chi connectivity index (χ1v) is 4.16. The van der Waals surface area contributed by atoms with Gasteiger partial charge in [0.15, 0.2) is 0 Å². The first kappa shape index (κ1) is 11.4. The van der Waals surface area contributed by atoms with E-state index in [1.807, 2.05) is 13.8 Å². The second-order valence-electron chi connectivity index (χ2n) is 3.36. The maximum absolute atomic E-state index is 11.1. The van der Waals surface area contributed by atoms with Crippen LogP contribution in [0.5, 0.6) is 0 Å². The van der Waals surface area contributed by atoms with Gasteiger partial charge in [-0.05, 0) is 12.8 Å². The molecule has 0 bridgehead atoms. The van der Waals surface area contributed by atoms with Gasteiger partial charge in [-0.1, -0.05) is 13.8 Å². The van der Waals surface area contributed by atoms with Crippen molar-refractivity contribution in [3.8, 4) is 0 Å². The van der Waals surface area contributed by atoms with Gasteiger partial charge in [0.05, 0.1) is 12.1 Å². The molecule has 0 heterocycles. The third-order valence-corrected chi connectivity index (χ3v) is 1.59. The van der Waals surface area contributed by atoms with E-state index < -0.39 is 12.1 Å². The van der Waals surface area contributed by atoms with Crippen LogP contribution in [0, 0.1) is 5.92 Å². The van der Waals surface area contributed by atoms with Gasteiger partial charge in [-0.3, -0.25) is 4.79 Å². The van der Waals surface area contributed by atoms with Crippen LogP contribution in [-0.2, 0) is 4.79 Å². The number of amides is 1. The summed E-state index contributed by atoms with van der Waals surface area (Å²) in [6.07, 6.45) is -0.520. The van der Waals surface area contributed by atoms with Gasteiger partial charge in [0.25, 0.3) is 0 Å². The van der Waals surface area contributed by atoms with E-state index in [-0.39, 0.29) is 18.4 Å². The van der Waals surface area contributed by atoms with Crippen molar-refractivity contribution in [2.75, 3.05) is 6.54 Å². The molecule has 0 aliphatic heterocycles. The van der Waals surface area contributed by atoms with Crippen LogP contribution in [-0.4, -0.2) is 29.7 Å². The Balaban J connectivity index is 3.72. The summed E-state index contributed by atoms with van der Waals surface area (Å²) >= 11 is 0. The summed E-state index contributed by atoms with van der Waals surface area (Å²) in [6.45, 7) is 5.64. The molecule has 0 fully saturated rings. The number of nitrogens with two attached hydrogens (primary N) is 1. The molecule has 0 aliphatic carbocycles. The Morgan fingerprint density at radius 2 is 2.00 bits per heavy atom. The summed E-state index contributed by atoms with van der Waals surface area (Å²) in [5.74, 6) is -0.0788. The number of carbonyl (C=O) groups excluding carboxylic acids is 1. The van der Waals surface area contributed by atoms with Crippen molar-refractivity contribution in [1.29, 1.82) is 0 Å². The molecule has 0 aromatic rings. The summed E-state index contributed by atoms with van der Waals surface area (Å²) in [7, 11) is 0. The van der Waals surface area contributed by atoms with E-state index in [0.29, 0.717) is 0 Å². The molecule has 0 rings (SSSR count). The summed E-state index contributed by atoms with van der Waals surface area (Å²) in [5, 5.41) is 11.4. The fraction of sp³-hybridized carbons (Fsp3) is 0.875. The van der Waals surface area contributed by atoms with Gasteiger partial charge in [-0.25, -0.2) is 0 Å². The van der Waals surface area contributed by atoms with E-state index in [0.717, 1.165) is 0 Å². The Bertz CT molecular complexity index is 146. The first-order chi connectivity index (χ1) is 5.45. The van der Waals surface area contributed by atoms with Gasteiger partial charge < -0.3 is 16.2 Å². The monoisotopic (exact) mass is 174 g/mol. The average Bonchev–Trinajstić information content (AvgIpc) is 1.98. The third kappa shape index (κ3) is 4.31. The lowest BCUT2D eigenvalue weighted by molar-refractivity contribution is -0.123. The van der Waals surface area contributed by atoms with Crippen molar-refractivity contribution in [1.82, 2.24) is 5.32 Å². The molecule has 4 heteroatoms. The lowest BCUT2D eigenvalue weighted by Crippen LogP contribution is -2.45. The minimum absolute atomic E-state index is 0.124. The van der Waals surface area contributed by atoms with Crippen molar-refractivity contribution in [3.05, 3.63) is 0 Å². The first-order valence-electron chi connectivity index (χ1n) is 4.16. The quantitative estimate of drug-likeness (QED) is 0.536. The molecule has 0 aromatic carbocycles. The van der Waals surface area contributed by atoms with Crippen LogP contribution in [0.25, 0.3) is 0 Å². The van der Waals surface area contributed by atoms with Gasteiger partial charge in [0, 0.05) is 6.54 Å². The van der Waals surface area contributed by atoms with Crippen molar-refractivity contribution in [2.45, 2.75) is 32.9 Å². The van der Waals surface area contributed by atoms with Crippen LogP contribution < -0.4 is 11.1 Å². The zero-order chi connectivity index (χ0) is 9.72.